The van der Waals surface area contributed by atoms with Gasteiger partial charge < -0.3 is 10.2 Å². The molecule has 0 bridgehead atoms. The quantitative estimate of drug-likeness (QED) is 0.625. The van der Waals surface area contributed by atoms with Crippen molar-refractivity contribution in [2.75, 3.05) is 0 Å². The van der Waals surface area contributed by atoms with Crippen LogP contribution in [0.5, 0.6) is 0 Å². The van der Waals surface area contributed by atoms with Gasteiger partial charge in [0.1, 0.15) is 0 Å². The summed E-state index contributed by atoms with van der Waals surface area (Å²) in [6.07, 6.45) is 0.453. The average Bonchev–Trinajstić information content (AvgIpc) is 2.00. The molecule has 0 aromatic rings. The van der Waals surface area contributed by atoms with Gasteiger partial charge in [-0.25, -0.2) is 0 Å². The van der Waals surface area contributed by atoms with Gasteiger partial charge in [-0.1, -0.05) is 27.2 Å². The second-order valence-corrected chi connectivity index (χ2v) is 2.85. The predicted molar refractivity (Wildman–Crippen MR) is 41.8 cm³/mol. The highest BCUT2D eigenvalue weighted by molar-refractivity contribution is 4.70. The average molecular weight is 146 g/mol. The summed E-state index contributed by atoms with van der Waals surface area (Å²) in [5.41, 5.74) is 0. The molecule has 0 aromatic heterocycles. The Kier molecular flexibility index (Phi) is 4.65. The number of rotatable bonds is 4. The molecule has 0 spiro atoms. The molecule has 2 nitrogen and oxygen atoms in total. The fourth-order valence-electron chi connectivity index (χ4n) is 0.862. The van der Waals surface area contributed by atoms with Crippen LogP contribution < -0.4 is 0 Å². The topological polar surface area (TPSA) is 40.5 Å². The second kappa shape index (κ2) is 4.69. The molecule has 2 unspecified atom stereocenters. The number of hydrogen-bond donors (Lipinski definition) is 2. The molecule has 0 heterocycles. The predicted octanol–water partition coefficient (Wildman–Crippen LogP) is 1.16. The molecule has 2 heteroatoms. The van der Waals surface area contributed by atoms with Crippen molar-refractivity contribution in [2.45, 2.75) is 45.8 Å². The molecule has 0 fully saturated rings. The van der Waals surface area contributed by atoms with E-state index in [9.17, 15) is 10.2 Å². The Labute approximate surface area is 62.9 Å². The van der Waals surface area contributed by atoms with Gasteiger partial charge in [0.25, 0.3) is 0 Å². The van der Waals surface area contributed by atoms with Crippen LogP contribution in [0.1, 0.15) is 33.6 Å². The highest BCUT2D eigenvalue weighted by Crippen LogP contribution is 2.12. The number of hydrogen-bond acceptors (Lipinski definition) is 2. The molecular formula is C8H18O2. The molecule has 0 aliphatic carbocycles. The lowest BCUT2D eigenvalue weighted by Crippen LogP contribution is -2.31. The van der Waals surface area contributed by atoms with E-state index in [-0.39, 0.29) is 5.92 Å². The minimum absolute atomic E-state index is 0.204. The Morgan fingerprint density at radius 2 is 1.60 bits per heavy atom. The molecule has 0 rings (SSSR count). The van der Waals surface area contributed by atoms with E-state index in [1.165, 1.54) is 0 Å². The van der Waals surface area contributed by atoms with E-state index in [1.807, 2.05) is 20.8 Å². The smallest absolute Gasteiger partial charge is 0.0824 e. The Bertz CT molecular complexity index is 73.3. The van der Waals surface area contributed by atoms with Gasteiger partial charge in [0.2, 0.25) is 0 Å². The van der Waals surface area contributed by atoms with Crippen LogP contribution >= 0.6 is 0 Å². The van der Waals surface area contributed by atoms with Crippen LogP contribution in [-0.2, 0) is 0 Å². The number of aliphatic hydroxyl groups is 2. The fourth-order valence-corrected chi connectivity index (χ4v) is 0.862. The van der Waals surface area contributed by atoms with Crippen LogP contribution in [0.4, 0.5) is 0 Å². The molecule has 0 saturated carbocycles. The first-order valence-corrected chi connectivity index (χ1v) is 3.99. The molecule has 2 N–H and O–H groups in total. The van der Waals surface area contributed by atoms with Crippen molar-refractivity contribution in [3.63, 3.8) is 0 Å². The molecule has 0 aliphatic heterocycles. The van der Waals surface area contributed by atoms with Gasteiger partial charge >= 0.3 is 0 Å². The summed E-state index contributed by atoms with van der Waals surface area (Å²) >= 11 is 0. The van der Waals surface area contributed by atoms with Crippen LogP contribution in [0.25, 0.3) is 0 Å². The molecule has 10 heavy (non-hydrogen) atoms. The van der Waals surface area contributed by atoms with Crippen molar-refractivity contribution < 1.29 is 10.2 Å². The zero-order valence-corrected chi connectivity index (χ0v) is 7.04. The van der Waals surface area contributed by atoms with Crippen molar-refractivity contribution in [1.82, 2.24) is 0 Å². The standard InChI is InChI=1S/C8H18O2/c1-4-6(3)8(10)7(9)5-2/h6-10H,4-5H2,1-3H3/t6?,7-,8?/m1/s1. The lowest BCUT2D eigenvalue weighted by atomic mass is 9.96. The van der Waals surface area contributed by atoms with Crippen LogP contribution in [-0.4, -0.2) is 22.4 Å². The Morgan fingerprint density at radius 1 is 1.10 bits per heavy atom. The summed E-state index contributed by atoms with van der Waals surface area (Å²) in [7, 11) is 0. The van der Waals surface area contributed by atoms with E-state index in [0.29, 0.717) is 6.42 Å². The van der Waals surface area contributed by atoms with Crippen molar-refractivity contribution >= 4 is 0 Å². The molecule has 0 amide bonds. The van der Waals surface area contributed by atoms with Gasteiger partial charge in [-0.15, -0.1) is 0 Å². The zero-order chi connectivity index (χ0) is 8.15. The maximum atomic E-state index is 9.34. The summed E-state index contributed by atoms with van der Waals surface area (Å²) in [5, 5.41) is 18.5. The molecule has 62 valence electrons. The molecular weight excluding hydrogens is 128 g/mol. The third-order valence-corrected chi connectivity index (χ3v) is 2.04. The van der Waals surface area contributed by atoms with E-state index < -0.39 is 12.2 Å². The van der Waals surface area contributed by atoms with E-state index in [4.69, 9.17) is 0 Å². The van der Waals surface area contributed by atoms with Crippen molar-refractivity contribution in [2.24, 2.45) is 5.92 Å². The van der Waals surface area contributed by atoms with Crippen LogP contribution in [0, 0.1) is 5.92 Å². The Balaban J connectivity index is 3.69. The Hall–Kier alpha value is -0.0800. The largest absolute Gasteiger partial charge is 0.390 e. The highest BCUT2D eigenvalue weighted by atomic mass is 16.3. The maximum Gasteiger partial charge on any atom is 0.0824 e. The first-order valence-electron chi connectivity index (χ1n) is 3.99. The Morgan fingerprint density at radius 3 is 1.90 bits per heavy atom. The zero-order valence-electron chi connectivity index (χ0n) is 7.04. The summed E-state index contributed by atoms with van der Waals surface area (Å²) < 4.78 is 0. The molecule has 0 aliphatic rings. The van der Waals surface area contributed by atoms with E-state index >= 15 is 0 Å². The van der Waals surface area contributed by atoms with Gasteiger partial charge in [-0.05, 0) is 12.3 Å². The van der Waals surface area contributed by atoms with Crippen molar-refractivity contribution in [3.05, 3.63) is 0 Å². The third kappa shape index (κ3) is 2.67. The lowest BCUT2D eigenvalue weighted by Gasteiger charge is -2.21. The fraction of sp³-hybridized carbons (Fsp3) is 1.00. The van der Waals surface area contributed by atoms with E-state index in [0.717, 1.165) is 6.42 Å². The minimum atomic E-state index is -0.546. The van der Waals surface area contributed by atoms with Gasteiger partial charge in [-0.2, -0.15) is 0 Å². The van der Waals surface area contributed by atoms with Crippen LogP contribution in [0.15, 0.2) is 0 Å². The van der Waals surface area contributed by atoms with Gasteiger partial charge in [0.05, 0.1) is 12.2 Å². The van der Waals surface area contributed by atoms with Crippen LogP contribution in [0.3, 0.4) is 0 Å². The summed E-state index contributed by atoms with van der Waals surface area (Å²) in [4.78, 5) is 0. The van der Waals surface area contributed by atoms with Gasteiger partial charge in [0.15, 0.2) is 0 Å². The van der Waals surface area contributed by atoms with E-state index in [1.54, 1.807) is 0 Å². The molecule has 0 aromatic carbocycles. The van der Waals surface area contributed by atoms with Gasteiger partial charge in [-0.3, -0.25) is 0 Å². The van der Waals surface area contributed by atoms with Crippen molar-refractivity contribution in [3.8, 4) is 0 Å². The number of aliphatic hydroxyl groups excluding tert-OH is 2. The first kappa shape index (κ1) is 9.92. The normalized spacial score (nSPS) is 20.1. The van der Waals surface area contributed by atoms with Gasteiger partial charge in [0, 0.05) is 0 Å². The van der Waals surface area contributed by atoms with Crippen LogP contribution in [0.2, 0.25) is 0 Å². The maximum absolute atomic E-state index is 9.34. The lowest BCUT2D eigenvalue weighted by molar-refractivity contribution is -0.0149. The second-order valence-electron chi connectivity index (χ2n) is 2.85. The first-order chi connectivity index (χ1) is 4.63. The summed E-state index contributed by atoms with van der Waals surface area (Å²) in [5.74, 6) is 0.204. The van der Waals surface area contributed by atoms with E-state index in [2.05, 4.69) is 0 Å². The summed E-state index contributed by atoms with van der Waals surface area (Å²) in [6, 6.07) is 0. The monoisotopic (exact) mass is 146 g/mol. The molecule has 0 radical (unpaired) electrons. The molecule has 0 saturated heterocycles. The molecule has 3 atom stereocenters. The minimum Gasteiger partial charge on any atom is -0.390 e. The van der Waals surface area contributed by atoms with Crippen molar-refractivity contribution in [1.29, 1.82) is 0 Å². The summed E-state index contributed by atoms with van der Waals surface area (Å²) in [6.45, 7) is 5.83. The SMILES string of the molecule is CCC(C)C(O)[C@H](O)CC. The third-order valence-electron chi connectivity index (χ3n) is 2.04. The highest BCUT2D eigenvalue weighted by Gasteiger charge is 2.19.